The maximum Gasteiger partial charge on any atom is 0.113 e. The molecule has 0 spiro atoms. The fraction of sp³-hybridized carbons (Fsp3) is 0.462. The number of ether oxygens (including phenoxy) is 1. The minimum absolute atomic E-state index is 0.450. The summed E-state index contributed by atoms with van der Waals surface area (Å²) in [5, 5.41) is 40.8. The van der Waals surface area contributed by atoms with Crippen molar-refractivity contribution in [1.29, 1.82) is 0 Å². The molecule has 7 heteroatoms. The van der Waals surface area contributed by atoms with E-state index >= 15 is 0 Å². The average Bonchev–Trinajstić information content (AvgIpc) is 2.47. The molecule has 20 heavy (non-hydrogen) atoms. The smallest absolute Gasteiger partial charge is 0.113 e. The number of rotatable bonds is 3. The normalized spacial score (nSPS) is 33.5. The third-order valence-electron chi connectivity index (χ3n) is 3.29. The van der Waals surface area contributed by atoms with Crippen LogP contribution in [0.2, 0.25) is 0 Å². The number of hydrogen-bond donors (Lipinski definition) is 4. The number of aliphatic imine (C=N–C) groups is 1. The van der Waals surface area contributed by atoms with E-state index in [2.05, 4.69) is 22.4 Å². The van der Waals surface area contributed by atoms with Crippen LogP contribution in [0.25, 0.3) is 0 Å². The lowest BCUT2D eigenvalue weighted by atomic mass is 9.91. The molecular formula is C13H15NO5S. The van der Waals surface area contributed by atoms with Crippen LogP contribution >= 0.6 is 12.2 Å². The van der Waals surface area contributed by atoms with Gasteiger partial charge in [0.2, 0.25) is 0 Å². The molecule has 1 saturated heterocycles. The van der Waals surface area contributed by atoms with Gasteiger partial charge in [0.05, 0.1) is 17.5 Å². The summed E-state index contributed by atoms with van der Waals surface area (Å²) in [4.78, 5) is 3.80. The van der Waals surface area contributed by atoms with E-state index in [1.807, 2.05) is 0 Å². The molecule has 1 aliphatic heterocycles. The Balaban J connectivity index is 2.24. The van der Waals surface area contributed by atoms with E-state index in [-0.39, 0.29) is 0 Å². The lowest BCUT2D eigenvalue weighted by Gasteiger charge is -2.40. The molecule has 0 bridgehead atoms. The minimum atomic E-state index is -1.38. The van der Waals surface area contributed by atoms with E-state index in [4.69, 9.17) is 9.84 Å². The standard InChI is InChI=1S/C13H15NO5S/c15-5-9-10(16)11(17)12(18)13(19-9)7-1-3-8(4-2-7)14-6-20/h1-4,9-13,15-18H,5H2/t9?,10-,11-,12?,13-/m1/s1. The Morgan fingerprint density at radius 2 is 1.75 bits per heavy atom. The van der Waals surface area contributed by atoms with Gasteiger partial charge < -0.3 is 25.2 Å². The zero-order valence-electron chi connectivity index (χ0n) is 10.5. The number of nitrogens with zero attached hydrogens (tertiary/aromatic N) is 1. The van der Waals surface area contributed by atoms with E-state index in [1.165, 1.54) is 0 Å². The van der Waals surface area contributed by atoms with E-state index in [0.29, 0.717) is 11.3 Å². The number of benzene rings is 1. The highest BCUT2D eigenvalue weighted by Gasteiger charge is 2.43. The second kappa shape index (κ2) is 6.51. The summed E-state index contributed by atoms with van der Waals surface area (Å²) in [6.45, 7) is -0.450. The van der Waals surface area contributed by atoms with Gasteiger partial charge in [-0.1, -0.05) is 12.1 Å². The monoisotopic (exact) mass is 297 g/mol. The second-order valence-corrected chi connectivity index (χ2v) is 4.73. The second-order valence-electron chi connectivity index (χ2n) is 4.54. The molecule has 1 aromatic rings. The summed E-state index contributed by atoms with van der Waals surface area (Å²) < 4.78 is 5.44. The number of aliphatic hydroxyl groups is 4. The molecular weight excluding hydrogens is 282 g/mol. The van der Waals surface area contributed by atoms with Crippen LogP contribution in [0.5, 0.6) is 0 Å². The van der Waals surface area contributed by atoms with Crippen molar-refractivity contribution >= 4 is 23.1 Å². The predicted octanol–water partition coefficient (Wildman–Crippen LogP) is -0.0642. The lowest BCUT2D eigenvalue weighted by molar-refractivity contribution is -0.231. The zero-order chi connectivity index (χ0) is 14.7. The van der Waals surface area contributed by atoms with Crippen LogP contribution in [-0.2, 0) is 4.74 Å². The molecule has 1 heterocycles. The molecule has 108 valence electrons. The first-order chi connectivity index (χ1) is 9.58. The Morgan fingerprint density at radius 1 is 1.10 bits per heavy atom. The van der Waals surface area contributed by atoms with Crippen LogP contribution in [0, 0.1) is 0 Å². The molecule has 0 amide bonds. The van der Waals surface area contributed by atoms with Gasteiger partial charge in [-0.2, -0.15) is 4.99 Å². The van der Waals surface area contributed by atoms with Gasteiger partial charge in [0.15, 0.2) is 0 Å². The van der Waals surface area contributed by atoms with Gasteiger partial charge in [0.25, 0.3) is 0 Å². The summed E-state index contributed by atoms with van der Waals surface area (Å²) in [6.07, 6.45) is -5.78. The molecule has 4 N–H and O–H groups in total. The summed E-state index contributed by atoms with van der Waals surface area (Å²) >= 11 is 4.50. The first-order valence-electron chi connectivity index (χ1n) is 6.07. The highest BCUT2D eigenvalue weighted by molar-refractivity contribution is 7.78. The molecule has 0 aliphatic carbocycles. The highest BCUT2D eigenvalue weighted by atomic mass is 32.1. The minimum Gasteiger partial charge on any atom is -0.394 e. The van der Waals surface area contributed by atoms with Gasteiger partial charge in [0, 0.05) is 0 Å². The van der Waals surface area contributed by atoms with Gasteiger partial charge in [-0.05, 0) is 29.9 Å². The Bertz CT molecular complexity index is 500. The third-order valence-corrected chi connectivity index (χ3v) is 3.38. The molecule has 5 atom stereocenters. The predicted molar refractivity (Wildman–Crippen MR) is 73.8 cm³/mol. The van der Waals surface area contributed by atoms with Gasteiger partial charge in [-0.15, -0.1) is 0 Å². The molecule has 1 fully saturated rings. The van der Waals surface area contributed by atoms with Crippen molar-refractivity contribution in [3.63, 3.8) is 0 Å². The van der Waals surface area contributed by atoms with Gasteiger partial charge in [-0.3, -0.25) is 0 Å². The van der Waals surface area contributed by atoms with Crippen LogP contribution in [0.3, 0.4) is 0 Å². The van der Waals surface area contributed by atoms with Crippen LogP contribution < -0.4 is 0 Å². The van der Waals surface area contributed by atoms with E-state index in [9.17, 15) is 15.3 Å². The summed E-state index contributed by atoms with van der Waals surface area (Å²) in [5.41, 5.74) is 1.21. The van der Waals surface area contributed by atoms with Crippen molar-refractivity contribution in [2.24, 2.45) is 4.99 Å². The number of aliphatic hydroxyl groups excluding tert-OH is 4. The first kappa shape index (κ1) is 15.2. The maximum absolute atomic E-state index is 9.98. The average molecular weight is 297 g/mol. The highest BCUT2D eigenvalue weighted by Crippen LogP contribution is 2.32. The fourth-order valence-electron chi connectivity index (χ4n) is 2.17. The van der Waals surface area contributed by atoms with Gasteiger partial charge in [-0.25, -0.2) is 0 Å². The van der Waals surface area contributed by atoms with Crippen LogP contribution in [0.4, 0.5) is 5.69 Å². The molecule has 6 nitrogen and oxygen atoms in total. The number of isothiocyanates is 1. The van der Waals surface area contributed by atoms with Crippen molar-refractivity contribution in [2.75, 3.05) is 6.61 Å². The molecule has 0 aromatic heterocycles. The zero-order valence-corrected chi connectivity index (χ0v) is 11.3. The Kier molecular flexibility index (Phi) is 4.95. The first-order valence-corrected chi connectivity index (χ1v) is 6.47. The molecule has 0 radical (unpaired) electrons. The molecule has 1 aromatic carbocycles. The molecule has 2 rings (SSSR count). The number of thiocarbonyl (C=S) groups is 1. The van der Waals surface area contributed by atoms with Crippen molar-refractivity contribution in [1.82, 2.24) is 0 Å². The topological polar surface area (TPSA) is 103 Å². The quantitative estimate of drug-likeness (QED) is 0.460. The van der Waals surface area contributed by atoms with Crippen molar-refractivity contribution < 1.29 is 25.2 Å². The van der Waals surface area contributed by atoms with Crippen molar-refractivity contribution in [2.45, 2.75) is 30.5 Å². The molecule has 2 unspecified atom stereocenters. The van der Waals surface area contributed by atoms with Gasteiger partial charge in [0.1, 0.15) is 30.5 Å². The van der Waals surface area contributed by atoms with Crippen LogP contribution in [0.15, 0.2) is 29.3 Å². The summed E-state index contributed by atoms with van der Waals surface area (Å²) in [6, 6.07) is 6.66. The van der Waals surface area contributed by atoms with Crippen molar-refractivity contribution in [3.8, 4) is 0 Å². The van der Waals surface area contributed by atoms with Crippen LogP contribution in [-0.4, -0.2) is 56.6 Å². The SMILES string of the molecule is OCC1O[C@H](c2ccc(N=C=S)cc2)C(O)[C@H](O)[C@@H]1O. The van der Waals surface area contributed by atoms with E-state index in [0.717, 1.165) is 0 Å². The molecule has 0 saturated carbocycles. The Morgan fingerprint density at radius 3 is 2.30 bits per heavy atom. The Labute approximate surface area is 121 Å². The van der Waals surface area contributed by atoms with E-state index < -0.39 is 37.1 Å². The van der Waals surface area contributed by atoms with Crippen molar-refractivity contribution in [3.05, 3.63) is 29.8 Å². The lowest BCUT2D eigenvalue weighted by Crippen LogP contribution is -2.55. The summed E-state index contributed by atoms with van der Waals surface area (Å²) in [7, 11) is 0. The fourth-order valence-corrected chi connectivity index (χ4v) is 2.27. The summed E-state index contributed by atoms with van der Waals surface area (Å²) in [5.74, 6) is 0. The third kappa shape index (κ3) is 2.94. The molecule has 1 aliphatic rings. The van der Waals surface area contributed by atoms with E-state index in [1.54, 1.807) is 24.3 Å². The maximum atomic E-state index is 9.98. The number of hydrogen-bond acceptors (Lipinski definition) is 7. The largest absolute Gasteiger partial charge is 0.394 e. The Hall–Kier alpha value is -1.18. The van der Waals surface area contributed by atoms with Gasteiger partial charge >= 0.3 is 0 Å². The van der Waals surface area contributed by atoms with Crippen LogP contribution in [0.1, 0.15) is 11.7 Å².